The van der Waals surface area contributed by atoms with Crippen LogP contribution in [0.4, 0.5) is 0 Å². The maximum absolute atomic E-state index is 11.9. The number of hydrogen-bond acceptors (Lipinski definition) is 4. The van der Waals surface area contributed by atoms with Crippen LogP contribution in [0, 0.1) is 0 Å². The second-order valence-electron chi connectivity index (χ2n) is 3.47. The zero-order chi connectivity index (χ0) is 12.7. The number of phenolic OH excluding ortho intramolecular Hbond substituents is 2. The van der Waals surface area contributed by atoms with E-state index in [4.69, 9.17) is 11.6 Å². The number of nitrogens with zero attached hydrogens (tertiary/aromatic N) is 1. The summed E-state index contributed by atoms with van der Waals surface area (Å²) >= 11 is 5.73. The minimum Gasteiger partial charge on any atom is -0.504 e. The van der Waals surface area contributed by atoms with Gasteiger partial charge in [0.2, 0.25) is 0 Å². The minimum atomic E-state index is -0.613. The van der Waals surface area contributed by atoms with Crippen molar-refractivity contribution in [2.75, 3.05) is 0 Å². The van der Waals surface area contributed by atoms with Gasteiger partial charge in [-0.15, -0.1) is 0 Å². The van der Waals surface area contributed by atoms with E-state index < -0.39 is 22.6 Å². The van der Waals surface area contributed by atoms with Crippen molar-refractivity contribution < 1.29 is 10.2 Å². The predicted molar refractivity (Wildman–Crippen MR) is 62.8 cm³/mol. The Balaban J connectivity index is 3.12. The van der Waals surface area contributed by atoms with Crippen LogP contribution in [0.1, 0.15) is 6.92 Å². The van der Waals surface area contributed by atoms with E-state index in [1.54, 1.807) is 6.92 Å². The summed E-state index contributed by atoms with van der Waals surface area (Å²) in [4.78, 5) is 23.6. The largest absolute Gasteiger partial charge is 0.504 e. The number of halogens is 1. The maximum Gasteiger partial charge on any atom is 0.273 e. The van der Waals surface area contributed by atoms with Crippen molar-refractivity contribution >= 4 is 22.4 Å². The van der Waals surface area contributed by atoms with Gasteiger partial charge < -0.3 is 10.2 Å². The van der Waals surface area contributed by atoms with Crippen LogP contribution in [0.5, 0.6) is 11.5 Å². The molecule has 2 aromatic rings. The number of fused-ring (bicyclic) bond motifs is 1. The zero-order valence-corrected chi connectivity index (χ0v) is 9.58. The predicted octanol–water partition coefficient (Wildman–Crippen LogP) is 0.774. The van der Waals surface area contributed by atoms with Gasteiger partial charge in [0.15, 0.2) is 11.5 Å². The molecule has 0 spiro atoms. The number of H-pyrrole nitrogens is 1. The lowest BCUT2D eigenvalue weighted by Crippen LogP contribution is -2.29. The second kappa shape index (κ2) is 3.81. The standard InChI is InChI=1S/C10H9ClN2O4/c1-2-13-10(17)4-3-5(14)8(15)7(11)6(4)9(16)12-13/h3,14-15H,2H2,1H3,(H,12,16). The lowest BCUT2D eigenvalue weighted by atomic mass is 10.1. The fourth-order valence-electron chi connectivity index (χ4n) is 1.61. The van der Waals surface area contributed by atoms with E-state index in [0.717, 1.165) is 10.7 Å². The Hall–Kier alpha value is -1.95. The van der Waals surface area contributed by atoms with Crippen molar-refractivity contribution in [3.8, 4) is 11.5 Å². The molecule has 3 N–H and O–H groups in total. The van der Waals surface area contributed by atoms with Crippen LogP contribution in [0.25, 0.3) is 10.8 Å². The first-order chi connectivity index (χ1) is 7.97. The highest BCUT2D eigenvalue weighted by Gasteiger charge is 2.16. The fourth-order valence-corrected chi connectivity index (χ4v) is 1.90. The average molecular weight is 257 g/mol. The molecule has 7 heteroatoms. The van der Waals surface area contributed by atoms with Gasteiger partial charge in [-0.05, 0) is 13.0 Å². The molecule has 1 heterocycles. The van der Waals surface area contributed by atoms with Crippen molar-refractivity contribution in [1.82, 2.24) is 9.78 Å². The van der Waals surface area contributed by atoms with E-state index >= 15 is 0 Å². The number of phenols is 2. The quantitative estimate of drug-likeness (QED) is 0.657. The van der Waals surface area contributed by atoms with Crippen molar-refractivity contribution in [1.29, 1.82) is 0 Å². The van der Waals surface area contributed by atoms with Crippen LogP contribution < -0.4 is 11.1 Å². The molecule has 0 atom stereocenters. The summed E-state index contributed by atoms with van der Waals surface area (Å²) in [6.45, 7) is 1.97. The maximum atomic E-state index is 11.9. The van der Waals surface area contributed by atoms with Crippen LogP contribution in [-0.2, 0) is 6.54 Å². The van der Waals surface area contributed by atoms with Crippen molar-refractivity contribution in [3.63, 3.8) is 0 Å². The van der Waals surface area contributed by atoms with Gasteiger partial charge in [-0.25, -0.2) is 4.68 Å². The topological polar surface area (TPSA) is 95.3 Å². The molecule has 0 aliphatic carbocycles. The number of benzene rings is 1. The number of hydrogen-bond donors (Lipinski definition) is 3. The van der Waals surface area contributed by atoms with Crippen LogP contribution in [-0.4, -0.2) is 20.0 Å². The van der Waals surface area contributed by atoms with Crippen molar-refractivity contribution in [2.24, 2.45) is 0 Å². The van der Waals surface area contributed by atoms with Gasteiger partial charge in [0, 0.05) is 6.54 Å². The van der Waals surface area contributed by atoms with E-state index in [2.05, 4.69) is 5.10 Å². The van der Waals surface area contributed by atoms with Crippen LogP contribution in [0.2, 0.25) is 5.02 Å². The molecule has 0 bridgehead atoms. The Kier molecular flexibility index (Phi) is 2.59. The molecule has 17 heavy (non-hydrogen) atoms. The zero-order valence-electron chi connectivity index (χ0n) is 8.82. The summed E-state index contributed by atoms with van der Waals surface area (Å²) in [5.41, 5.74) is -1.08. The molecule has 0 amide bonds. The molecule has 0 aliphatic rings. The lowest BCUT2D eigenvalue weighted by Gasteiger charge is -2.07. The summed E-state index contributed by atoms with van der Waals surface area (Å²) in [5.74, 6) is -1.15. The molecule has 0 radical (unpaired) electrons. The first-order valence-electron chi connectivity index (χ1n) is 4.84. The summed E-state index contributed by atoms with van der Waals surface area (Å²) in [7, 11) is 0. The highest BCUT2D eigenvalue weighted by Crippen LogP contribution is 2.36. The second-order valence-corrected chi connectivity index (χ2v) is 3.85. The summed E-state index contributed by atoms with van der Waals surface area (Å²) in [6.07, 6.45) is 0. The molecule has 0 fully saturated rings. The molecule has 1 aromatic heterocycles. The number of aromatic nitrogens is 2. The summed E-state index contributed by atoms with van der Waals surface area (Å²) in [5, 5.41) is 20.6. The van der Waals surface area contributed by atoms with Crippen molar-refractivity contribution in [2.45, 2.75) is 13.5 Å². The van der Waals surface area contributed by atoms with Gasteiger partial charge >= 0.3 is 0 Å². The Bertz CT molecular complexity index is 717. The summed E-state index contributed by atoms with van der Waals surface area (Å²) in [6, 6.07) is 1.03. The molecule has 2 rings (SSSR count). The molecule has 0 unspecified atom stereocenters. The number of aromatic amines is 1. The van der Waals surface area contributed by atoms with Crippen molar-refractivity contribution in [3.05, 3.63) is 31.8 Å². The van der Waals surface area contributed by atoms with Crippen LogP contribution >= 0.6 is 11.6 Å². The Morgan fingerprint density at radius 2 is 2.06 bits per heavy atom. The number of nitrogens with one attached hydrogen (secondary N) is 1. The van der Waals surface area contributed by atoms with E-state index in [1.807, 2.05) is 0 Å². The number of rotatable bonds is 1. The van der Waals surface area contributed by atoms with Crippen LogP contribution in [0.3, 0.4) is 0 Å². The van der Waals surface area contributed by atoms with Gasteiger partial charge in [-0.2, -0.15) is 0 Å². The smallest absolute Gasteiger partial charge is 0.273 e. The SMILES string of the molecule is CCn1[nH]c(=O)c2c(Cl)c(O)c(O)cc2c1=O. The molecular weight excluding hydrogens is 248 g/mol. The average Bonchev–Trinajstić information content (AvgIpc) is 2.30. The number of aryl methyl sites for hydroxylation is 1. The first-order valence-corrected chi connectivity index (χ1v) is 5.22. The molecule has 90 valence electrons. The van der Waals surface area contributed by atoms with E-state index in [0.29, 0.717) is 0 Å². The fraction of sp³-hybridized carbons (Fsp3) is 0.200. The highest BCUT2D eigenvalue weighted by molar-refractivity contribution is 6.37. The van der Waals surface area contributed by atoms with Gasteiger partial charge in [-0.1, -0.05) is 11.6 Å². The monoisotopic (exact) mass is 256 g/mol. The third-order valence-electron chi connectivity index (χ3n) is 2.48. The number of aromatic hydroxyl groups is 2. The lowest BCUT2D eigenvalue weighted by molar-refractivity contribution is 0.405. The summed E-state index contributed by atoms with van der Waals surface area (Å²) < 4.78 is 1.09. The molecule has 1 aromatic carbocycles. The first kappa shape index (κ1) is 11.5. The highest BCUT2D eigenvalue weighted by atomic mass is 35.5. The normalized spacial score (nSPS) is 10.9. The third-order valence-corrected chi connectivity index (χ3v) is 2.84. The molecule has 0 saturated heterocycles. The van der Waals surface area contributed by atoms with Gasteiger partial charge in [-0.3, -0.25) is 14.7 Å². The molecule has 0 aliphatic heterocycles. The molecule has 0 saturated carbocycles. The molecule has 6 nitrogen and oxygen atoms in total. The third kappa shape index (κ3) is 1.57. The Morgan fingerprint density at radius 1 is 1.41 bits per heavy atom. The van der Waals surface area contributed by atoms with Gasteiger partial charge in [0.05, 0.1) is 15.8 Å². The van der Waals surface area contributed by atoms with E-state index in [-0.39, 0.29) is 22.3 Å². The van der Waals surface area contributed by atoms with E-state index in [1.165, 1.54) is 0 Å². The Labute approximate surface area is 99.7 Å². The van der Waals surface area contributed by atoms with Crippen LogP contribution in [0.15, 0.2) is 15.7 Å². The Morgan fingerprint density at radius 3 is 2.65 bits per heavy atom. The van der Waals surface area contributed by atoms with E-state index in [9.17, 15) is 19.8 Å². The minimum absolute atomic E-state index is 0.0316. The van der Waals surface area contributed by atoms with Gasteiger partial charge in [0.25, 0.3) is 11.1 Å². The molecular formula is C10H9ClN2O4. The van der Waals surface area contributed by atoms with Gasteiger partial charge in [0.1, 0.15) is 0 Å².